The van der Waals surface area contributed by atoms with Crippen LogP contribution in [0.1, 0.15) is 5.56 Å². The Bertz CT molecular complexity index is 881. The van der Waals surface area contributed by atoms with Crippen LogP contribution in [0.3, 0.4) is 0 Å². The molecular formula is C18H13Cl2N3OS. The molecule has 1 amide bonds. The number of amides is 1. The minimum atomic E-state index is -0.148. The van der Waals surface area contributed by atoms with Crippen LogP contribution in [0.25, 0.3) is 6.08 Å². The second kappa shape index (κ2) is 7.87. The summed E-state index contributed by atoms with van der Waals surface area (Å²) in [5.41, 5.74) is 0.722. The van der Waals surface area contributed by atoms with Gasteiger partial charge in [-0.15, -0.1) is 6.58 Å². The van der Waals surface area contributed by atoms with Crippen molar-refractivity contribution in [2.45, 2.75) is 0 Å². The summed E-state index contributed by atoms with van der Waals surface area (Å²) in [4.78, 5) is 23.4. The molecule has 7 heteroatoms. The Hall–Kier alpha value is -2.08. The second-order valence-electron chi connectivity index (χ2n) is 5.06. The van der Waals surface area contributed by atoms with Crippen molar-refractivity contribution in [1.29, 1.82) is 0 Å². The first-order valence-electron chi connectivity index (χ1n) is 7.35. The number of thioether (sulfide) groups is 1. The zero-order valence-corrected chi connectivity index (χ0v) is 15.4. The third kappa shape index (κ3) is 4.12. The topological polar surface area (TPSA) is 45.6 Å². The van der Waals surface area contributed by atoms with E-state index in [2.05, 4.69) is 16.6 Å². The van der Waals surface area contributed by atoms with E-state index in [1.165, 1.54) is 11.8 Å². The van der Waals surface area contributed by atoms with Crippen LogP contribution < -0.4 is 0 Å². The Balaban J connectivity index is 1.97. The van der Waals surface area contributed by atoms with Gasteiger partial charge in [-0.05, 0) is 47.7 Å². The molecule has 0 bridgehead atoms. The number of nitrogens with zero attached hydrogens (tertiary/aromatic N) is 3. The summed E-state index contributed by atoms with van der Waals surface area (Å²) < 4.78 is 0. The molecule has 1 saturated heterocycles. The van der Waals surface area contributed by atoms with Gasteiger partial charge in [-0.2, -0.15) is 0 Å². The highest BCUT2D eigenvalue weighted by Crippen LogP contribution is 2.35. The molecule has 0 radical (unpaired) electrons. The minimum absolute atomic E-state index is 0.148. The van der Waals surface area contributed by atoms with Gasteiger partial charge in [0.25, 0.3) is 5.91 Å². The molecular weight excluding hydrogens is 377 g/mol. The fraction of sp³-hybridized carbons (Fsp3) is 0.0556. The molecule has 0 atom stereocenters. The van der Waals surface area contributed by atoms with Gasteiger partial charge in [0.2, 0.25) is 0 Å². The highest BCUT2D eigenvalue weighted by Gasteiger charge is 2.32. The lowest BCUT2D eigenvalue weighted by atomic mass is 10.2. The van der Waals surface area contributed by atoms with Crippen molar-refractivity contribution < 1.29 is 4.79 Å². The summed E-state index contributed by atoms with van der Waals surface area (Å²) in [6.45, 7) is 4.07. The lowest BCUT2D eigenvalue weighted by molar-refractivity contribution is -0.121. The van der Waals surface area contributed by atoms with E-state index in [1.54, 1.807) is 47.5 Å². The van der Waals surface area contributed by atoms with E-state index in [1.807, 2.05) is 12.1 Å². The molecule has 25 heavy (non-hydrogen) atoms. The summed E-state index contributed by atoms with van der Waals surface area (Å²) >= 11 is 13.4. The molecule has 1 aliphatic heterocycles. The molecule has 0 N–H and O–H groups in total. The number of hydrogen-bond acceptors (Lipinski definition) is 4. The van der Waals surface area contributed by atoms with Gasteiger partial charge >= 0.3 is 0 Å². The summed E-state index contributed by atoms with van der Waals surface area (Å²) in [5, 5.41) is 1.59. The lowest BCUT2D eigenvalue weighted by Crippen LogP contribution is -2.29. The Labute approximate surface area is 159 Å². The van der Waals surface area contributed by atoms with Crippen molar-refractivity contribution in [3.05, 3.63) is 75.8 Å². The quantitative estimate of drug-likeness (QED) is 0.534. The number of carbonyl (C=O) groups excluding carboxylic acids is 1. The first kappa shape index (κ1) is 17.7. The summed E-state index contributed by atoms with van der Waals surface area (Å²) in [5.74, 6) is 0.392. The monoisotopic (exact) mass is 389 g/mol. The predicted molar refractivity (Wildman–Crippen MR) is 105 cm³/mol. The molecule has 0 aliphatic carbocycles. The molecule has 1 aliphatic rings. The molecule has 1 aromatic carbocycles. The first-order chi connectivity index (χ1) is 12.1. The molecule has 4 nitrogen and oxygen atoms in total. The van der Waals surface area contributed by atoms with E-state index in [0.29, 0.717) is 32.5 Å². The van der Waals surface area contributed by atoms with Crippen molar-refractivity contribution in [2.75, 3.05) is 6.54 Å². The zero-order chi connectivity index (χ0) is 17.8. The number of aliphatic imine (C=N–C) groups is 1. The zero-order valence-electron chi connectivity index (χ0n) is 13.0. The van der Waals surface area contributed by atoms with E-state index in [9.17, 15) is 4.79 Å². The van der Waals surface area contributed by atoms with Crippen molar-refractivity contribution in [1.82, 2.24) is 9.88 Å². The number of amidine groups is 1. The number of pyridine rings is 1. The third-order valence-electron chi connectivity index (χ3n) is 3.31. The largest absolute Gasteiger partial charge is 0.282 e. The Morgan fingerprint density at radius 1 is 1.28 bits per heavy atom. The number of halogens is 2. The second-order valence-corrected chi connectivity index (χ2v) is 6.92. The molecule has 0 spiro atoms. The van der Waals surface area contributed by atoms with Crippen LogP contribution in [-0.2, 0) is 4.79 Å². The highest BCUT2D eigenvalue weighted by atomic mass is 35.5. The maximum absolute atomic E-state index is 12.7. The first-order valence-corrected chi connectivity index (χ1v) is 8.93. The third-order valence-corrected chi connectivity index (χ3v) is 4.88. The van der Waals surface area contributed by atoms with Gasteiger partial charge in [0.1, 0.15) is 0 Å². The number of aromatic nitrogens is 1. The normalized spacial score (nSPS) is 17.5. The van der Waals surface area contributed by atoms with Crippen LogP contribution in [-0.4, -0.2) is 27.5 Å². The van der Waals surface area contributed by atoms with Crippen molar-refractivity contribution >= 4 is 57.9 Å². The maximum Gasteiger partial charge on any atom is 0.267 e. The van der Waals surface area contributed by atoms with Gasteiger partial charge in [0.05, 0.1) is 4.91 Å². The molecule has 0 saturated carbocycles. The number of rotatable bonds is 4. The van der Waals surface area contributed by atoms with Gasteiger partial charge in [-0.25, -0.2) is 9.98 Å². The van der Waals surface area contributed by atoms with E-state index >= 15 is 0 Å². The van der Waals surface area contributed by atoms with E-state index in [-0.39, 0.29) is 5.91 Å². The van der Waals surface area contributed by atoms with Crippen molar-refractivity contribution in [3.63, 3.8) is 0 Å². The highest BCUT2D eigenvalue weighted by molar-refractivity contribution is 8.18. The standard InChI is InChI=1S/C18H13Cl2N3OS/c1-2-9-23-17(24)15(10-12-6-7-13(19)11-14(12)20)25-18(23)22-16-5-3-4-8-21-16/h2-8,10-11H,1,9H2/b15-10-,22-18+. The molecule has 2 aromatic rings. The van der Waals surface area contributed by atoms with Crippen LogP contribution in [0.15, 0.2) is 65.1 Å². The predicted octanol–water partition coefficient (Wildman–Crippen LogP) is 5.18. The fourth-order valence-corrected chi connectivity index (χ4v) is 3.61. The van der Waals surface area contributed by atoms with Gasteiger partial charge in [-0.1, -0.05) is 41.4 Å². The van der Waals surface area contributed by atoms with Crippen LogP contribution in [0.5, 0.6) is 0 Å². The van der Waals surface area contributed by atoms with Crippen molar-refractivity contribution in [2.24, 2.45) is 4.99 Å². The summed E-state index contributed by atoms with van der Waals surface area (Å²) in [7, 11) is 0. The number of hydrogen-bond donors (Lipinski definition) is 0. The van der Waals surface area contributed by atoms with Gasteiger partial charge < -0.3 is 0 Å². The average molecular weight is 390 g/mol. The molecule has 3 rings (SSSR count). The molecule has 126 valence electrons. The molecule has 1 fully saturated rings. The molecule has 0 unspecified atom stereocenters. The molecule has 1 aromatic heterocycles. The number of carbonyl (C=O) groups is 1. The summed E-state index contributed by atoms with van der Waals surface area (Å²) in [6, 6.07) is 10.6. The van der Waals surface area contributed by atoms with E-state index in [4.69, 9.17) is 23.2 Å². The Kier molecular flexibility index (Phi) is 5.58. The van der Waals surface area contributed by atoms with Crippen molar-refractivity contribution in [3.8, 4) is 0 Å². The SMILES string of the molecule is C=CCN1C(=O)/C(=C/c2ccc(Cl)cc2Cl)S/C1=N/c1ccccn1. The molecule has 2 heterocycles. The average Bonchev–Trinajstić information content (AvgIpc) is 2.87. The van der Waals surface area contributed by atoms with Crippen LogP contribution >= 0.6 is 35.0 Å². The van der Waals surface area contributed by atoms with Crippen LogP contribution in [0.2, 0.25) is 10.0 Å². The smallest absolute Gasteiger partial charge is 0.267 e. The lowest BCUT2D eigenvalue weighted by Gasteiger charge is -2.12. The van der Waals surface area contributed by atoms with Crippen LogP contribution in [0, 0.1) is 0 Å². The van der Waals surface area contributed by atoms with Gasteiger partial charge in [0, 0.05) is 22.8 Å². The fourth-order valence-electron chi connectivity index (χ4n) is 2.16. The minimum Gasteiger partial charge on any atom is -0.282 e. The van der Waals surface area contributed by atoms with E-state index in [0.717, 1.165) is 5.56 Å². The Morgan fingerprint density at radius 3 is 2.80 bits per heavy atom. The van der Waals surface area contributed by atoms with Crippen LogP contribution in [0.4, 0.5) is 5.82 Å². The maximum atomic E-state index is 12.7. The Morgan fingerprint density at radius 2 is 2.12 bits per heavy atom. The number of benzene rings is 1. The van der Waals surface area contributed by atoms with Gasteiger partial charge in [-0.3, -0.25) is 9.69 Å². The summed E-state index contributed by atoms with van der Waals surface area (Å²) in [6.07, 6.45) is 5.05. The van der Waals surface area contributed by atoms with Gasteiger partial charge in [0.15, 0.2) is 11.0 Å². The van der Waals surface area contributed by atoms with E-state index < -0.39 is 0 Å².